The van der Waals surface area contributed by atoms with E-state index < -0.39 is 60.2 Å². The van der Waals surface area contributed by atoms with E-state index in [1.165, 1.54) is 6.92 Å². The van der Waals surface area contributed by atoms with Crippen molar-refractivity contribution in [3.05, 3.63) is 0 Å². The lowest BCUT2D eigenvalue weighted by Crippen LogP contribution is -2.56. The Morgan fingerprint density at radius 3 is 1.94 bits per heavy atom. The lowest BCUT2D eigenvalue weighted by Gasteiger charge is -2.24. The molecule has 10 N–H and O–H groups in total. The summed E-state index contributed by atoms with van der Waals surface area (Å²) in [4.78, 5) is 59.5. The fraction of sp³-hybridized carbons (Fsp3) is 0.737. The number of hydrogen-bond acceptors (Lipinski definition) is 7. The van der Waals surface area contributed by atoms with Crippen molar-refractivity contribution in [3.8, 4) is 0 Å². The summed E-state index contributed by atoms with van der Waals surface area (Å²) in [6.45, 7) is 5.57. The first-order valence-corrected chi connectivity index (χ1v) is 10.3. The molecule has 31 heavy (non-hydrogen) atoms. The van der Waals surface area contributed by atoms with Crippen molar-refractivity contribution in [3.63, 3.8) is 0 Å². The van der Waals surface area contributed by atoms with Crippen molar-refractivity contribution in [2.24, 2.45) is 23.1 Å². The normalized spacial score (nSPS) is 14.8. The molecule has 0 saturated heterocycles. The van der Waals surface area contributed by atoms with Gasteiger partial charge in [-0.2, -0.15) is 0 Å². The molecular weight excluding hydrogens is 408 g/mol. The second-order valence-electron chi connectivity index (χ2n) is 7.88. The number of amides is 4. The molecule has 0 radical (unpaired) electrons. The minimum Gasteiger partial charge on any atom is -0.480 e. The smallest absolute Gasteiger partial charge is 0.326 e. The first-order chi connectivity index (χ1) is 14.4. The Morgan fingerprint density at radius 2 is 1.45 bits per heavy atom. The molecule has 0 saturated carbocycles. The highest BCUT2D eigenvalue weighted by Crippen LogP contribution is 2.07. The number of carboxylic acids is 1. The first-order valence-electron chi connectivity index (χ1n) is 10.3. The molecular formula is C19H36N6O6. The third-order valence-corrected chi connectivity index (χ3v) is 4.42. The van der Waals surface area contributed by atoms with E-state index >= 15 is 0 Å². The van der Waals surface area contributed by atoms with E-state index in [4.69, 9.17) is 22.3 Å². The number of carbonyl (C=O) groups is 5. The van der Waals surface area contributed by atoms with Gasteiger partial charge in [0, 0.05) is 0 Å². The van der Waals surface area contributed by atoms with Crippen LogP contribution in [0.4, 0.5) is 0 Å². The average molecular weight is 445 g/mol. The second kappa shape index (κ2) is 14.3. The minimum atomic E-state index is -1.51. The molecule has 0 rings (SSSR count). The SMILES string of the molecule is CC(C)CC(NC(=O)C(C)NC(=O)C(N)CCCCN)C(=O)NC(CC(N)=O)C(=O)O. The number of nitrogens with two attached hydrogens (primary N) is 3. The molecule has 178 valence electrons. The molecule has 0 spiro atoms. The van der Waals surface area contributed by atoms with E-state index in [0.29, 0.717) is 19.4 Å². The maximum Gasteiger partial charge on any atom is 0.326 e. The van der Waals surface area contributed by atoms with Crippen LogP contribution >= 0.6 is 0 Å². The lowest BCUT2D eigenvalue weighted by atomic mass is 10.0. The van der Waals surface area contributed by atoms with Crippen molar-refractivity contribution in [2.75, 3.05) is 6.54 Å². The van der Waals surface area contributed by atoms with E-state index in [1.807, 2.05) is 13.8 Å². The van der Waals surface area contributed by atoms with E-state index in [1.54, 1.807) is 0 Å². The number of carbonyl (C=O) groups excluding carboxylic acids is 4. The molecule has 4 atom stereocenters. The molecule has 0 bridgehead atoms. The molecule has 12 heteroatoms. The third-order valence-electron chi connectivity index (χ3n) is 4.42. The first kappa shape index (κ1) is 28.3. The third kappa shape index (κ3) is 11.9. The molecule has 0 aliphatic rings. The monoisotopic (exact) mass is 444 g/mol. The van der Waals surface area contributed by atoms with Crippen LogP contribution in [0.3, 0.4) is 0 Å². The Bertz CT molecular complexity index is 641. The zero-order valence-electron chi connectivity index (χ0n) is 18.3. The number of carboxylic acid groups (broad SMARTS) is 1. The fourth-order valence-electron chi connectivity index (χ4n) is 2.70. The van der Waals surface area contributed by atoms with Crippen LogP contribution in [0.1, 0.15) is 52.9 Å². The van der Waals surface area contributed by atoms with Crippen molar-refractivity contribution in [1.29, 1.82) is 0 Å². The van der Waals surface area contributed by atoms with E-state index in [0.717, 1.165) is 6.42 Å². The summed E-state index contributed by atoms with van der Waals surface area (Å²) in [5, 5.41) is 16.4. The van der Waals surface area contributed by atoms with Crippen molar-refractivity contribution < 1.29 is 29.1 Å². The summed E-state index contributed by atoms with van der Waals surface area (Å²) in [5.41, 5.74) is 16.2. The summed E-state index contributed by atoms with van der Waals surface area (Å²) < 4.78 is 0. The van der Waals surface area contributed by atoms with Gasteiger partial charge in [-0.05, 0) is 38.6 Å². The number of hydrogen-bond donors (Lipinski definition) is 7. The molecule has 0 aliphatic carbocycles. The molecule has 0 aromatic heterocycles. The zero-order chi connectivity index (χ0) is 24.1. The topological polar surface area (TPSA) is 220 Å². The Morgan fingerprint density at radius 1 is 0.871 bits per heavy atom. The van der Waals surface area contributed by atoms with Crippen LogP contribution in [0.5, 0.6) is 0 Å². The lowest BCUT2D eigenvalue weighted by molar-refractivity contribution is -0.143. The predicted molar refractivity (Wildman–Crippen MR) is 113 cm³/mol. The van der Waals surface area contributed by atoms with Crippen LogP contribution < -0.4 is 33.2 Å². The number of primary amides is 1. The van der Waals surface area contributed by atoms with Crippen molar-refractivity contribution >= 4 is 29.6 Å². The Kier molecular flexibility index (Phi) is 13.0. The summed E-state index contributed by atoms with van der Waals surface area (Å²) >= 11 is 0. The van der Waals surface area contributed by atoms with Gasteiger partial charge in [-0.3, -0.25) is 19.2 Å². The Labute approximate surface area is 182 Å². The molecule has 12 nitrogen and oxygen atoms in total. The maximum atomic E-state index is 12.6. The number of rotatable bonds is 15. The van der Waals surface area contributed by atoms with Gasteiger partial charge < -0.3 is 38.3 Å². The highest BCUT2D eigenvalue weighted by Gasteiger charge is 2.29. The molecule has 0 fully saturated rings. The standard InChI is InChI=1S/C19H36N6O6/c1-10(2)8-13(18(29)25-14(19(30)31)9-15(22)26)24-16(27)11(3)23-17(28)12(21)6-4-5-7-20/h10-14H,4-9,20-21H2,1-3H3,(H2,22,26)(H,23,28)(H,24,27)(H,25,29)(H,30,31). The van der Waals surface area contributed by atoms with Gasteiger partial charge >= 0.3 is 5.97 Å². The highest BCUT2D eigenvalue weighted by molar-refractivity contribution is 5.94. The van der Waals surface area contributed by atoms with Crippen LogP contribution in [0.15, 0.2) is 0 Å². The van der Waals surface area contributed by atoms with Crippen LogP contribution in [0.25, 0.3) is 0 Å². The van der Waals surface area contributed by atoms with Gasteiger partial charge in [-0.1, -0.05) is 20.3 Å². The summed E-state index contributed by atoms with van der Waals surface area (Å²) in [6, 6.07) is -4.35. The van der Waals surface area contributed by atoms with Gasteiger partial charge in [0.05, 0.1) is 12.5 Å². The van der Waals surface area contributed by atoms with Gasteiger partial charge in [0.15, 0.2) is 0 Å². The quantitative estimate of drug-likeness (QED) is 0.139. The van der Waals surface area contributed by atoms with Crippen molar-refractivity contribution in [1.82, 2.24) is 16.0 Å². The van der Waals surface area contributed by atoms with E-state index in [9.17, 15) is 24.0 Å². The zero-order valence-corrected chi connectivity index (χ0v) is 18.3. The Hall–Kier alpha value is -2.73. The Balaban J connectivity index is 5.03. The highest BCUT2D eigenvalue weighted by atomic mass is 16.4. The molecule has 0 heterocycles. The number of aliphatic carboxylic acids is 1. The molecule has 4 amide bonds. The van der Waals surface area contributed by atoms with Gasteiger partial charge in [-0.15, -0.1) is 0 Å². The molecule has 0 aliphatic heterocycles. The van der Waals surface area contributed by atoms with Gasteiger partial charge in [-0.25, -0.2) is 4.79 Å². The molecule has 4 unspecified atom stereocenters. The minimum absolute atomic E-state index is 0.0173. The maximum absolute atomic E-state index is 12.6. The van der Waals surface area contributed by atoms with Crippen LogP contribution in [-0.4, -0.2) is 65.4 Å². The van der Waals surface area contributed by atoms with Crippen LogP contribution in [0.2, 0.25) is 0 Å². The molecule has 0 aromatic carbocycles. The fourth-order valence-corrected chi connectivity index (χ4v) is 2.70. The van der Waals surface area contributed by atoms with E-state index in [-0.39, 0.29) is 12.3 Å². The largest absolute Gasteiger partial charge is 0.480 e. The summed E-state index contributed by atoms with van der Waals surface area (Å²) in [6.07, 6.45) is 1.46. The number of nitrogens with one attached hydrogen (secondary N) is 3. The van der Waals surface area contributed by atoms with Gasteiger partial charge in [0.25, 0.3) is 0 Å². The van der Waals surface area contributed by atoms with Crippen molar-refractivity contribution in [2.45, 2.75) is 77.0 Å². The van der Waals surface area contributed by atoms with Gasteiger partial charge in [0.2, 0.25) is 23.6 Å². The second-order valence-corrected chi connectivity index (χ2v) is 7.88. The summed E-state index contributed by atoms with van der Waals surface area (Å²) in [7, 11) is 0. The molecule has 0 aromatic rings. The van der Waals surface area contributed by atoms with Crippen LogP contribution in [-0.2, 0) is 24.0 Å². The van der Waals surface area contributed by atoms with Gasteiger partial charge in [0.1, 0.15) is 18.1 Å². The van der Waals surface area contributed by atoms with Crippen LogP contribution in [0, 0.1) is 5.92 Å². The average Bonchev–Trinajstić information content (AvgIpc) is 2.65. The summed E-state index contributed by atoms with van der Waals surface area (Å²) in [5.74, 6) is -4.24. The predicted octanol–water partition coefficient (Wildman–Crippen LogP) is -2.08. The number of unbranched alkanes of at least 4 members (excludes halogenated alkanes) is 1. The van der Waals surface area contributed by atoms with E-state index in [2.05, 4.69) is 16.0 Å².